The van der Waals surface area contributed by atoms with Crippen molar-refractivity contribution in [1.82, 2.24) is 20.1 Å². The lowest BCUT2D eigenvalue weighted by Gasteiger charge is -2.40. The van der Waals surface area contributed by atoms with Gasteiger partial charge in [0.1, 0.15) is 6.04 Å². The number of nitrogens with one attached hydrogen (secondary N) is 1. The van der Waals surface area contributed by atoms with Crippen molar-refractivity contribution in [2.75, 3.05) is 19.6 Å². The van der Waals surface area contributed by atoms with E-state index < -0.39 is 24.0 Å². The van der Waals surface area contributed by atoms with Gasteiger partial charge in [-0.05, 0) is 54.5 Å². The molecule has 2 fully saturated rings. The number of nitrogens with two attached hydrogens (primary N) is 3. The van der Waals surface area contributed by atoms with E-state index in [1.165, 1.54) is 33.8 Å². The Labute approximate surface area is 228 Å². The number of amides is 3. The van der Waals surface area contributed by atoms with Crippen LogP contribution in [-0.2, 0) is 20.8 Å². The first kappa shape index (κ1) is 27.7. The molecule has 7 N–H and O–H groups in total. The van der Waals surface area contributed by atoms with Crippen molar-refractivity contribution in [3.05, 3.63) is 39.0 Å². The lowest BCUT2D eigenvalue weighted by molar-refractivity contribution is -0.151. The largest absolute Gasteiger partial charge is 0.370 e. The van der Waals surface area contributed by atoms with Crippen LogP contribution in [0.1, 0.15) is 41.0 Å². The van der Waals surface area contributed by atoms with Crippen molar-refractivity contribution in [2.45, 2.75) is 56.3 Å². The van der Waals surface area contributed by atoms with Gasteiger partial charge < -0.3 is 32.3 Å². The van der Waals surface area contributed by atoms with Gasteiger partial charge in [-0.3, -0.25) is 24.2 Å². The van der Waals surface area contributed by atoms with Crippen LogP contribution in [0.25, 0.3) is 0 Å². The van der Waals surface area contributed by atoms with Gasteiger partial charge in [0.15, 0.2) is 11.0 Å². The first-order valence-electron chi connectivity index (χ1n) is 12.4. The highest BCUT2D eigenvalue weighted by molar-refractivity contribution is 7.11. The zero-order chi connectivity index (χ0) is 27.2. The molecule has 0 spiro atoms. The highest BCUT2D eigenvalue weighted by Gasteiger charge is 2.46. The quantitative estimate of drug-likeness (QED) is 0.125. The molecule has 38 heavy (non-hydrogen) atoms. The van der Waals surface area contributed by atoms with E-state index in [1.54, 1.807) is 10.3 Å². The smallest absolute Gasteiger partial charge is 0.243 e. The van der Waals surface area contributed by atoms with Gasteiger partial charge >= 0.3 is 0 Å². The number of thiazole rings is 1. The van der Waals surface area contributed by atoms with Gasteiger partial charge in [0.25, 0.3) is 0 Å². The Hall–Kier alpha value is -3.36. The van der Waals surface area contributed by atoms with E-state index in [0.717, 1.165) is 5.56 Å². The van der Waals surface area contributed by atoms with Crippen LogP contribution in [-0.4, -0.2) is 88.0 Å². The van der Waals surface area contributed by atoms with Gasteiger partial charge in [-0.15, -0.1) is 11.3 Å². The average Bonchev–Trinajstić information content (AvgIpc) is 3.66. The molecule has 2 unspecified atom stereocenters. The Kier molecular flexibility index (Phi) is 9.07. The summed E-state index contributed by atoms with van der Waals surface area (Å²) >= 11 is 2.73. The Bertz CT molecular complexity index is 1170. The molecule has 2 aromatic heterocycles. The number of aliphatic imine (C=N–C) groups is 1. The molecule has 2 aliphatic rings. The summed E-state index contributed by atoms with van der Waals surface area (Å²) < 4.78 is 0. The van der Waals surface area contributed by atoms with Gasteiger partial charge in [-0.25, -0.2) is 4.98 Å². The Balaban J connectivity index is 1.38. The first-order chi connectivity index (χ1) is 18.2. The average molecular weight is 561 g/mol. The molecule has 204 valence electrons. The number of aromatic nitrogens is 1. The summed E-state index contributed by atoms with van der Waals surface area (Å²) in [5, 5.41) is 8.70. The van der Waals surface area contributed by atoms with Gasteiger partial charge in [-0.1, -0.05) is 0 Å². The van der Waals surface area contributed by atoms with Crippen molar-refractivity contribution in [3.63, 3.8) is 0 Å². The molecule has 2 aromatic rings. The Morgan fingerprint density at radius 1 is 1.24 bits per heavy atom. The second-order valence-corrected chi connectivity index (χ2v) is 11.1. The van der Waals surface area contributed by atoms with Crippen molar-refractivity contribution in [3.8, 4) is 0 Å². The second-order valence-electron chi connectivity index (χ2n) is 9.42. The van der Waals surface area contributed by atoms with E-state index in [9.17, 15) is 19.2 Å². The number of hydrogen-bond acceptors (Lipinski definition) is 9. The molecular weight excluding hydrogens is 528 g/mol. The van der Waals surface area contributed by atoms with Crippen LogP contribution in [0.3, 0.4) is 0 Å². The number of fused-ring (bicyclic) bond motifs is 1. The predicted octanol–water partition coefficient (Wildman–Crippen LogP) is -0.302. The number of rotatable bonds is 11. The van der Waals surface area contributed by atoms with Crippen molar-refractivity contribution < 1.29 is 19.2 Å². The van der Waals surface area contributed by atoms with Gasteiger partial charge in [0.05, 0.1) is 24.7 Å². The zero-order valence-electron chi connectivity index (χ0n) is 20.8. The van der Waals surface area contributed by atoms with Crippen molar-refractivity contribution in [2.24, 2.45) is 22.2 Å². The van der Waals surface area contributed by atoms with Crippen LogP contribution in [0.5, 0.6) is 0 Å². The summed E-state index contributed by atoms with van der Waals surface area (Å²) in [6.07, 6.45) is 3.74. The number of carbonyl (C=O) groups excluding carboxylic acids is 4. The molecule has 4 atom stereocenters. The molecule has 0 aromatic carbocycles. The molecule has 12 nitrogen and oxygen atoms in total. The summed E-state index contributed by atoms with van der Waals surface area (Å²) in [5.41, 5.74) is 17.9. The van der Waals surface area contributed by atoms with E-state index in [2.05, 4.69) is 15.3 Å². The fourth-order valence-electron chi connectivity index (χ4n) is 4.95. The van der Waals surface area contributed by atoms with Crippen LogP contribution in [0.2, 0.25) is 0 Å². The third kappa shape index (κ3) is 6.55. The van der Waals surface area contributed by atoms with E-state index >= 15 is 0 Å². The standard InChI is InChI=1S/C24H32N8O4S2/c25-16(10-14-5-8-37-13-14)23(36)31-11-15-3-4-18(32(15)19(33)12-31)21(35)30-17(2-1-6-29-24(26)27)20(34)22-28-7-9-38-22/h5,7-9,13,15-18H,1-4,6,10-12,25H2,(H,30,35)(H4,26,27,29)/t15-,16-,17?,18?/m0/s1. The van der Waals surface area contributed by atoms with Crippen LogP contribution in [0.15, 0.2) is 33.4 Å². The van der Waals surface area contributed by atoms with E-state index in [1.807, 2.05) is 16.8 Å². The molecule has 14 heteroatoms. The normalized spacial score (nSPS) is 20.5. The number of ketones is 1. The maximum Gasteiger partial charge on any atom is 0.243 e. The summed E-state index contributed by atoms with van der Waals surface area (Å²) in [6.45, 7) is 0.510. The van der Waals surface area contributed by atoms with Crippen molar-refractivity contribution >= 4 is 52.1 Å². The predicted molar refractivity (Wildman–Crippen MR) is 145 cm³/mol. The topological polar surface area (TPSA) is 190 Å². The fraction of sp³-hybridized carbons (Fsp3) is 0.500. The summed E-state index contributed by atoms with van der Waals surface area (Å²) in [7, 11) is 0. The number of nitrogens with zero attached hydrogens (tertiary/aromatic N) is 4. The van der Waals surface area contributed by atoms with Crippen LogP contribution in [0, 0.1) is 0 Å². The second kappa shape index (κ2) is 12.5. The van der Waals surface area contributed by atoms with Gasteiger partial charge in [-0.2, -0.15) is 11.3 Å². The molecule has 2 saturated heterocycles. The maximum atomic E-state index is 13.3. The first-order valence-corrected chi connectivity index (χ1v) is 14.2. The SMILES string of the molecule is NC(N)=NCCCC(NC(=O)C1CC[C@H]2CN(C(=O)[C@@H](N)Cc3ccsc3)CC(=O)N12)C(=O)c1nccs1. The molecule has 0 bridgehead atoms. The van der Waals surface area contributed by atoms with Crippen LogP contribution < -0.4 is 22.5 Å². The molecule has 4 rings (SSSR count). The zero-order valence-corrected chi connectivity index (χ0v) is 22.5. The Morgan fingerprint density at radius 2 is 2.05 bits per heavy atom. The fourth-order valence-corrected chi connectivity index (χ4v) is 6.26. The minimum Gasteiger partial charge on any atom is -0.370 e. The molecule has 0 radical (unpaired) electrons. The summed E-state index contributed by atoms with van der Waals surface area (Å²) in [5.74, 6) is -1.31. The number of thiophene rings is 1. The number of guanidine groups is 1. The number of Topliss-reactive ketones (excluding diaryl/α,β-unsaturated/α-hetero) is 1. The molecule has 2 aliphatic heterocycles. The lowest BCUT2D eigenvalue weighted by atomic mass is 10.1. The maximum absolute atomic E-state index is 13.3. The molecule has 0 aliphatic carbocycles. The molecule has 4 heterocycles. The van der Waals surface area contributed by atoms with Crippen LogP contribution in [0.4, 0.5) is 0 Å². The number of carbonyl (C=O) groups is 4. The molecular formula is C24H32N8O4S2. The third-order valence-electron chi connectivity index (χ3n) is 6.74. The molecule has 0 saturated carbocycles. The van der Waals surface area contributed by atoms with Gasteiger partial charge in [0.2, 0.25) is 23.5 Å². The van der Waals surface area contributed by atoms with Crippen molar-refractivity contribution in [1.29, 1.82) is 0 Å². The molecule has 3 amide bonds. The highest BCUT2D eigenvalue weighted by Crippen LogP contribution is 2.29. The third-order valence-corrected chi connectivity index (χ3v) is 8.26. The highest BCUT2D eigenvalue weighted by atomic mass is 32.1. The van der Waals surface area contributed by atoms with Gasteiger partial charge in [0, 0.05) is 24.7 Å². The minimum atomic E-state index is -0.824. The number of piperazine rings is 1. The van der Waals surface area contributed by atoms with Crippen LogP contribution >= 0.6 is 22.7 Å². The lowest BCUT2D eigenvalue weighted by Crippen LogP contribution is -2.62. The monoisotopic (exact) mass is 560 g/mol. The van der Waals surface area contributed by atoms with E-state index in [0.29, 0.717) is 50.2 Å². The van der Waals surface area contributed by atoms with E-state index in [-0.39, 0.29) is 36.1 Å². The summed E-state index contributed by atoms with van der Waals surface area (Å²) in [4.78, 5) is 63.5. The Morgan fingerprint density at radius 3 is 2.74 bits per heavy atom. The summed E-state index contributed by atoms with van der Waals surface area (Å²) in [6, 6.07) is -0.627. The van der Waals surface area contributed by atoms with E-state index in [4.69, 9.17) is 17.2 Å². The minimum absolute atomic E-state index is 0.0441. The number of hydrogen-bond donors (Lipinski definition) is 4.